The van der Waals surface area contributed by atoms with Gasteiger partial charge in [0, 0.05) is 11.7 Å². The van der Waals surface area contributed by atoms with Crippen LogP contribution in [-0.2, 0) is 0 Å². The van der Waals surface area contributed by atoms with E-state index in [1.807, 2.05) is 12.2 Å². The molecule has 1 saturated carbocycles. The van der Waals surface area contributed by atoms with Crippen LogP contribution in [0.25, 0.3) is 0 Å². The lowest BCUT2D eigenvalue weighted by Gasteiger charge is -2.45. The van der Waals surface area contributed by atoms with Crippen LogP contribution in [0.2, 0.25) is 0 Å². The van der Waals surface area contributed by atoms with Gasteiger partial charge in [-0.25, -0.2) is 0 Å². The first-order chi connectivity index (χ1) is 9.13. The molecule has 1 rings (SSSR count). The Hall–Kier alpha value is -1.02. The second-order valence-electron chi connectivity index (χ2n) is 5.68. The largest absolute Gasteiger partial charge is 0.382 e. The van der Waals surface area contributed by atoms with E-state index >= 15 is 0 Å². The minimum absolute atomic E-state index is 0.388. The lowest BCUT2D eigenvalue weighted by Crippen LogP contribution is -2.46. The molecule has 1 unspecified atom stereocenters. The molecule has 0 aromatic carbocycles. The fourth-order valence-corrected chi connectivity index (χ4v) is 3.06. The van der Waals surface area contributed by atoms with Crippen molar-refractivity contribution in [3.63, 3.8) is 0 Å². The van der Waals surface area contributed by atoms with Crippen LogP contribution in [0.4, 0.5) is 0 Å². The summed E-state index contributed by atoms with van der Waals surface area (Å²) in [5, 5.41) is 7.03. The Morgan fingerprint density at radius 1 is 1.32 bits per heavy atom. The maximum absolute atomic E-state index is 4.00. The first-order valence-electron chi connectivity index (χ1n) is 7.53. The normalized spacial score (nSPS) is 26.2. The highest BCUT2D eigenvalue weighted by Crippen LogP contribution is 2.42. The predicted octanol–water partition coefficient (Wildman–Crippen LogP) is 3.49. The number of hydrogen-bond donors (Lipinski definition) is 2. The Labute approximate surface area is 119 Å². The molecule has 1 fully saturated rings. The number of nitrogens with one attached hydrogen (secondary N) is 2. The maximum atomic E-state index is 4.00. The highest BCUT2D eigenvalue weighted by Gasteiger charge is 2.38. The Balaban J connectivity index is 2.54. The first kappa shape index (κ1) is 16.0. The summed E-state index contributed by atoms with van der Waals surface area (Å²) in [5.74, 6) is 2.28. The van der Waals surface area contributed by atoms with Crippen molar-refractivity contribution in [1.82, 2.24) is 10.6 Å². The summed E-state index contributed by atoms with van der Waals surface area (Å²) in [6.45, 7) is 16.6. The third-order valence-corrected chi connectivity index (χ3v) is 4.31. The fraction of sp³-hybridized carbons (Fsp3) is 0.647. The molecule has 0 radical (unpaired) electrons. The second-order valence-corrected chi connectivity index (χ2v) is 5.68. The van der Waals surface area contributed by atoms with Crippen molar-refractivity contribution in [3.8, 4) is 0 Å². The zero-order chi connectivity index (χ0) is 14.3. The van der Waals surface area contributed by atoms with Crippen LogP contribution in [0.5, 0.6) is 0 Å². The number of allylic oxidation sites excluding steroid dienone is 3. The van der Waals surface area contributed by atoms with E-state index in [-0.39, 0.29) is 0 Å². The van der Waals surface area contributed by atoms with Crippen LogP contribution in [-0.4, -0.2) is 19.1 Å². The number of hydrogen-bond acceptors (Lipinski definition) is 2. The molecule has 2 nitrogen and oxygen atoms in total. The van der Waals surface area contributed by atoms with Crippen LogP contribution in [0.3, 0.4) is 0 Å². The monoisotopic (exact) mass is 262 g/mol. The van der Waals surface area contributed by atoms with E-state index in [0.717, 1.165) is 30.8 Å². The summed E-state index contributed by atoms with van der Waals surface area (Å²) < 4.78 is 0. The Morgan fingerprint density at radius 2 is 2.00 bits per heavy atom. The van der Waals surface area contributed by atoms with Gasteiger partial charge in [-0.05, 0) is 56.7 Å². The molecule has 1 aliphatic rings. The number of rotatable bonds is 9. The summed E-state index contributed by atoms with van der Waals surface area (Å²) in [4.78, 5) is 0. The smallest absolute Gasteiger partial charge is 0.0469 e. The van der Waals surface area contributed by atoms with Crippen LogP contribution < -0.4 is 10.6 Å². The highest BCUT2D eigenvalue weighted by molar-refractivity contribution is 5.11. The second kappa shape index (κ2) is 8.21. The molecule has 2 heteroatoms. The lowest BCUT2D eigenvalue weighted by atomic mass is 9.64. The average molecular weight is 262 g/mol. The minimum atomic E-state index is 0.388. The standard InChI is InChI=1S/C17H30N2/c1-6-9-14(5)19-17(7-2)16-11-10-15(16)13(4)12-18-8-3/h6-7,9,13,15-19H,1-2,8,10-12H2,3-5H3/b14-9+/t13-,15-,16-,17?/m0/s1. The van der Waals surface area contributed by atoms with E-state index in [2.05, 4.69) is 50.6 Å². The van der Waals surface area contributed by atoms with Gasteiger partial charge in [0.25, 0.3) is 0 Å². The quantitative estimate of drug-likeness (QED) is 0.491. The highest BCUT2D eigenvalue weighted by atomic mass is 14.9. The molecule has 0 saturated heterocycles. The molecule has 108 valence electrons. The molecule has 0 heterocycles. The summed E-state index contributed by atoms with van der Waals surface area (Å²) in [7, 11) is 0. The summed E-state index contributed by atoms with van der Waals surface area (Å²) in [6, 6.07) is 0.388. The zero-order valence-electron chi connectivity index (χ0n) is 12.8. The predicted molar refractivity (Wildman–Crippen MR) is 85.0 cm³/mol. The van der Waals surface area contributed by atoms with E-state index in [1.165, 1.54) is 18.5 Å². The fourth-order valence-electron chi connectivity index (χ4n) is 3.06. The van der Waals surface area contributed by atoms with Crippen LogP contribution >= 0.6 is 0 Å². The van der Waals surface area contributed by atoms with Crippen molar-refractivity contribution in [1.29, 1.82) is 0 Å². The topological polar surface area (TPSA) is 24.1 Å². The Kier molecular flexibility index (Phi) is 6.93. The van der Waals surface area contributed by atoms with E-state index in [1.54, 1.807) is 0 Å². The van der Waals surface area contributed by atoms with Crippen LogP contribution in [0.1, 0.15) is 33.6 Å². The van der Waals surface area contributed by atoms with Gasteiger partial charge in [-0.2, -0.15) is 0 Å². The van der Waals surface area contributed by atoms with Gasteiger partial charge >= 0.3 is 0 Å². The van der Waals surface area contributed by atoms with Crippen molar-refractivity contribution in [3.05, 3.63) is 37.1 Å². The van der Waals surface area contributed by atoms with E-state index in [4.69, 9.17) is 0 Å². The van der Waals surface area contributed by atoms with Gasteiger partial charge in [-0.1, -0.05) is 32.6 Å². The van der Waals surface area contributed by atoms with Gasteiger partial charge in [0.2, 0.25) is 0 Å². The van der Waals surface area contributed by atoms with E-state index in [9.17, 15) is 0 Å². The van der Waals surface area contributed by atoms with Crippen LogP contribution in [0.15, 0.2) is 37.1 Å². The molecular weight excluding hydrogens is 232 g/mol. The van der Waals surface area contributed by atoms with Gasteiger partial charge in [0.1, 0.15) is 0 Å². The molecule has 1 aliphatic carbocycles. The molecule has 0 amide bonds. The minimum Gasteiger partial charge on any atom is -0.382 e. The van der Waals surface area contributed by atoms with E-state index in [0.29, 0.717) is 6.04 Å². The summed E-state index contributed by atoms with van der Waals surface area (Å²) in [5.41, 5.74) is 1.17. The van der Waals surface area contributed by atoms with Gasteiger partial charge in [0.15, 0.2) is 0 Å². The molecule has 0 spiro atoms. The average Bonchev–Trinajstić information content (AvgIpc) is 2.34. The molecule has 0 aromatic heterocycles. The van der Waals surface area contributed by atoms with Gasteiger partial charge in [-0.3, -0.25) is 0 Å². The Bertz CT molecular complexity index is 319. The van der Waals surface area contributed by atoms with Gasteiger partial charge in [0.05, 0.1) is 0 Å². The van der Waals surface area contributed by atoms with Gasteiger partial charge < -0.3 is 10.6 Å². The van der Waals surface area contributed by atoms with Gasteiger partial charge in [-0.15, -0.1) is 6.58 Å². The van der Waals surface area contributed by atoms with Crippen LogP contribution in [0, 0.1) is 17.8 Å². The lowest BCUT2D eigenvalue weighted by molar-refractivity contribution is 0.0925. The Morgan fingerprint density at radius 3 is 2.47 bits per heavy atom. The summed E-state index contributed by atoms with van der Waals surface area (Å²) >= 11 is 0. The first-order valence-corrected chi connectivity index (χ1v) is 7.53. The molecule has 0 aliphatic heterocycles. The van der Waals surface area contributed by atoms with Crippen molar-refractivity contribution in [2.75, 3.05) is 13.1 Å². The SMILES string of the molecule is C=C/C=C(\C)NC(C=C)[C@H]1CC[C@H]1[C@@H](C)CNCC. The molecule has 2 N–H and O–H groups in total. The van der Waals surface area contributed by atoms with Crippen molar-refractivity contribution in [2.24, 2.45) is 17.8 Å². The molecule has 0 aromatic rings. The van der Waals surface area contributed by atoms with Crippen molar-refractivity contribution in [2.45, 2.75) is 39.7 Å². The third-order valence-electron chi connectivity index (χ3n) is 4.31. The van der Waals surface area contributed by atoms with Crippen molar-refractivity contribution < 1.29 is 0 Å². The molecule has 4 atom stereocenters. The van der Waals surface area contributed by atoms with E-state index < -0.39 is 0 Å². The molecule has 0 bridgehead atoms. The summed E-state index contributed by atoms with van der Waals surface area (Å²) in [6.07, 6.45) is 8.58. The third kappa shape index (κ3) is 4.54. The zero-order valence-corrected chi connectivity index (χ0v) is 12.8. The molecule has 19 heavy (non-hydrogen) atoms. The molecular formula is C17H30N2. The van der Waals surface area contributed by atoms with Crippen molar-refractivity contribution >= 4 is 0 Å². The maximum Gasteiger partial charge on any atom is 0.0469 e.